The molecule has 0 spiro atoms. The molecule has 1 amide bonds. The van der Waals surface area contributed by atoms with Crippen molar-refractivity contribution in [2.75, 3.05) is 12.4 Å². The summed E-state index contributed by atoms with van der Waals surface area (Å²) in [6.45, 7) is 2.06. The molecule has 1 aromatic rings. The van der Waals surface area contributed by atoms with E-state index in [0.717, 1.165) is 6.42 Å². The lowest BCUT2D eigenvalue weighted by atomic mass is 10.2. The van der Waals surface area contributed by atoms with Crippen molar-refractivity contribution in [2.45, 2.75) is 13.3 Å². The number of carbonyl (C=O) groups is 2. The molecule has 0 unspecified atom stereocenters. The third-order valence-corrected chi connectivity index (χ3v) is 3.02. The van der Waals surface area contributed by atoms with E-state index in [1.807, 2.05) is 0 Å². The quantitative estimate of drug-likeness (QED) is 0.813. The Morgan fingerprint density at radius 1 is 1.29 bits per heavy atom. The summed E-state index contributed by atoms with van der Waals surface area (Å²) in [4.78, 5) is 22.9. The van der Waals surface area contributed by atoms with E-state index in [9.17, 15) is 9.59 Å². The van der Waals surface area contributed by atoms with Crippen molar-refractivity contribution in [3.63, 3.8) is 0 Å². The number of amides is 1. The fourth-order valence-corrected chi connectivity index (χ4v) is 1.73. The molecule has 0 bridgehead atoms. The third-order valence-electron chi connectivity index (χ3n) is 3.02. The number of anilines is 1. The summed E-state index contributed by atoms with van der Waals surface area (Å²) in [7, 11) is 1.34. The number of hydrogen-bond acceptors (Lipinski definition) is 3. The maximum Gasteiger partial charge on any atom is 0.337 e. The monoisotopic (exact) mass is 233 g/mol. The van der Waals surface area contributed by atoms with Gasteiger partial charge in [-0.05, 0) is 36.6 Å². The number of ether oxygens (including phenoxy) is 1. The van der Waals surface area contributed by atoms with Crippen LogP contribution in [0.4, 0.5) is 5.69 Å². The van der Waals surface area contributed by atoms with E-state index < -0.39 is 0 Å². The Hall–Kier alpha value is -1.84. The summed E-state index contributed by atoms with van der Waals surface area (Å²) >= 11 is 0. The standard InChI is InChI=1S/C13H15NO3/c1-8-7-11(8)12(15)14-10-5-3-9(4-6-10)13(16)17-2/h3-6,8,11H,7H2,1-2H3,(H,14,15)/t8-,11-/m1/s1. The molecule has 1 fully saturated rings. The highest BCUT2D eigenvalue weighted by Crippen LogP contribution is 2.38. The van der Waals surface area contributed by atoms with Crippen molar-refractivity contribution in [1.29, 1.82) is 0 Å². The average Bonchev–Trinajstić information content (AvgIpc) is 3.06. The second-order valence-corrected chi connectivity index (χ2v) is 4.38. The topological polar surface area (TPSA) is 55.4 Å². The fraction of sp³-hybridized carbons (Fsp3) is 0.385. The van der Waals surface area contributed by atoms with Crippen LogP contribution in [-0.4, -0.2) is 19.0 Å². The Labute approximate surface area is 100.0 Å². The molecule has 0 heterocycles. The molecule has 1 aromatic carbocycles. The number of benzene rings is 1. The van der Waals surface area contributed by atoms with Gasteiger partial charge >= 0.3 is 5.97 Å². The molecular weight excluding hydrogens is 218 g/mol. The van der Waals surface area contributed by atoms with Crippen LogP contribution in [0, 0.1) is 11.8 Å². The van der Waals surface area contributed by atoms with Gasteiger partial charge < -0.3 is 10.1 Å². The Morgan fingerprint density at radius 3 is 2.35 bits per heavy atom. The summed E-state index contributed by atoms with van der Waals surface area (Å²) in [5, 5.41) is 2.83. The molecule has 0 aliphatic heterocycles. The van der Waals surface area contributed by atoms with Gasteiger partial charge in [0.25, 0.3) is 0 Å². The lowest BCUT2D eigenvalue weighted by Crippen LogP contribution is -2.14. The summed E-state index contributed by atoms with van der Waals surface area (Å²) in [6, 6.07) is 6.68. The second-order valence-electron chi connectivity index (χ2n) is 4.38. The SMILES string of the molecule is COC(=O)c1ccc(NC(=O)[C@@H]2C[C@H]2C)cc1. The van der Waals surface area contributed by atoms with Gasteiger partial charge in [0, 0.05) is 11.6 Å². The van der Waals surface area contributed by atoms with Gasteiger partial charge in [0.15, 0.2) is 0 Å². The first-order valence-corrected chi connectivity index (χ1v) is 5.61. The van der Waals surface area contributed by atoms with Gasteiger partial charge in [-0.3, -0.25) is 4.79 Å². The molecule has 1 saturated carbocycles. The Bertz CT molecular complexity index is 438. The van der Waals surface area contributed by atoms with Crippen molar-refractivity contribution in [2.24, 2.45) is 11.8 Å². The van der Waals surface area contributed by atoms with E-state index in [-0.39, 0.29) is 17.8 Å². The van der Waals surface area contributed by atoms with E-state index in [1.54, 1.807) is 24.3 Å². The number of methoxy groups -OCH3 is 1. The van der Waals surface area contributed by atoms with Crippen LogP contribution in [0.3, 0.4) is 0 Å². The molecule has 2 atom stereocenters. The van der Waals surface area contributed by atoms with Crippen molar-refractivity contribution in [3.05, 3.63) is 29.8 Å². The molecule has 1 aliphatic carbocycles. The summed E-state index contributed by atoms with van der Waals surface area (Å²) in [5.74, 6) is 0.321. The zero-order valence-corrected chi connectivity index (χ0v) is 9.90. The molecule has 0 aromatic heterocycles. The number of hydrogen-bond donors (Lipinski definition) is 1. The van der Waals surface area contributed by atoms with E-state index in [2.05, 4.69) is 17.0 Å². The van der Waals surface area contributed by atoms with Crippen LogP contribution in [0.1, 0.15) is 23.7 Å². The smallest absolute Gasteiger partial charge is 0.337 e. The van der Waals surface area contributed by atoms with Crippen molar-refractivity contribution in [1.82, 2.24) is 0 Å². The Balaban J connectivity index is 1.98. The minimum absolute atomic E-state index is 0.0586. The lowest BCUT2D eigenvalue weighted by molar-refractivity contribution is -0.117. The van der Waals surface area contributed by atoms with Crippen molar-refractivity contribution >= 4 is 17.6 Å². The van der Waals surface area contributed by atoms with Crippen LogP contribution < -0.4 is 5.32 Å². The van der Waals surface area contributed by atoms with Crippen LogP contribution in [0.2, 0.25) is 0 Å². The van der Waals surface area contributed by atoms with E-state index in [0.29, 0.717) is 17.2 Å². The number of carbonyl (C=O) groups excluding carboxylic acids is 2. The van der Waals surface area contributed by atoms with Gasteiger partial charge in [0.05, 0.1) is 12.7 Å². The van der Waals surface area contributed by atoms with Gasteiger partial charge in [-0.25, -0.2) is 4.79 Å². The summed E-state index contributed by atoms with van der Waals surface area (Å²) in [5.41, 5.74) is 1.19. The van der Waals surface area contributed by atoms with E-state index in [1.165, 1.54) is 7.11 Å². The number of nitrogens with one attached hydrogen (secondary N) is 1. The molecule has 1 aliphatic rings. The van der Waals surface area contributed by atoms with Crippen molar-refractivity contribution < 1.29 is 14.3 Å². The van der Waals surface area contributed by atoms with Crippen LogP contribution in [0.25, 0.3) is 0 Å². The average molecular weight is 233 g/mol. The lowest BCUT2D eigenvalue weighted by Gasteiger charge is -2.05. The normalized spacial score (nSPS) is 21.8. The molecular formula is C13H15NO3. The number of esters is 1. The van der Waals surface area contributed by atoms with Crippen molar-refractivity contribution in [3.8, 4) is 0 Å². The summed E-state index contributed by atoms with van der Waals surface area (Å²) in [6.07, 6.45) is 0.964. The van der Waals surface area contributed by atoms with Crippen LogP contribution in [0.5, 0.6) is 0 Å². The van der Waals surface area contributed by atoms with Gasteiger partial charge in [-0.1, -0.05) is 6.92 Å². The maximum atomic E-state index is 11.7. The minimum Gasteiger partial charge on any atom is -0.465 e. The molecule has 90 valence electrons. The number of rotatable bonds is 3. The molecule has 17 heavy (non-hydrogen) atoms. The first kappa shape index (κ1) is 11.6. The third kappa shape index (κ3) is 2.64. The zero-order chi connectivity index (χ0) is 12.4. The highest BCUT2D eigenvalue weighted by Gasteiger charge is 2.38. The second kappa shape index (κ2) is 4.57. The van der Waals surface area contributed by atoms with Gasteiger partial charge in [-0.2, -0.15) is 0 Å². The van der Waals surface area contributed by atoms with Gasteiger partial charge in [0.2, 0.25) is 5.91 Å². The predicted octanol–water partition coefficient (Wildman–Crippen LogP) is 2.07. The molecule has 2 rings (SSSR count). The zero-order valence-electron chi connectivity index (χ0n) is 9.90. The molecule has 4 nitrogen and oxygen atoms in total. The highest BCUT2D eigenvalue weighted by atomic mass is 16.5. The highest BCUT2D eigenvalue weighted by molar-refractivity contribution is 5.95. The first-order valence-electron chi connectivity index (χ1n) is 5.61. The fourth-order valence-electron chi connectivity index (χ4n) is 1.73. The van der Waals surface area contributed by atoms with Gasteiger partial charge in [-0.15, -0.1) is 0 Å². The minimum atomic E-state index is -0.376. The van der Waals surface area contributed by atoms with Crippen LogP contribution >= 0.6 is 0 Å². The van der Waals surface area contributed by atoms with Gasteiger partial charge in [0.1, 0.15) is 0 Å². The Morgan fingerprint density at radius 2 is 1.88 bits per heavy atom. The molecule has 0 saturated heterocycles. The predicted molar refractivity (Wildman–Crippen MR) is 63.7 cm³/mol. The molecule has 1 N–H and O–H groups in total. The summed E-state index contributed by atoms with van der Waals surface area (Å²) < 4.78 is 4.59. The first-order chi connectivity index (χ1) is 8.11. The van der Waals surface area contributed by atoms with E-state index in [4.69, 9.17) is 0 Å². The molecule has 0 radical (unpaired) electrons. The maximum absolute atomic E-state index is 11.7. The van der Waals surface area contributed by atoms with Crippen LogP contribution in [0.15, 0.2) is 24.3 Å². The Kier molecular flexibility index (Phi) is 3.13. The molecule has 4 heteroatoms. The largest absolute Gasteiger partial charge is 0.465 e. The van der Waals surface area contributed by atoms with Crippen LogP contribution in [-0.2, 0) is 9.53 Å². The van der Waals surface area contributed by atoms with E-state index >= 15 is 0 Å².